The average Bonchev–Trinajstić information content (AvgIpc) is 2.94. The van der Waals surface area contributed by atoms with Crippen molar-refractivity contribution >= 4 is 23.2 Å². The number of likely N-dealkylation sites (tertiary alicyclic amines) is 1. The average molecular weight is 356 g/mol. The largest absolute Gasteiger partial charge is 0.339 e. The molecule has 130 valence electrons. The summed E-state index contributed by atoms with van der Waals surface area (Å²) in [5, 5.41) is 3.74. The van der Waals surface area contributed by atoms with Crippen LogP contribution in [0, 0.1) is 0 Å². The van der Waals surface area contributed by atoms with Crippen LogP contribution in [0.15, 0.2) is 54.6 Å². The minimum absolute atomic E-state index is 0.145. The smallest absolute Gasteiger partial charge is 0.247 e. The van der Waals surface area contributed by atoms with Crippen LogP contribution in [-0.4, -0.2) is 36.1 Å². The molecule has 5 heteroatoms. The Kier molecular flexibility index (Phi) is 4.40. The normalized spacial score (nSPS) is 20.0. The van der Waals surface area contributed by atoms with E-state index in [4.69, 9.17) is 11.6 Å². The lowest BCUT2D eigenvalue weighted by Crippen LogP contribution is -2.56. The maximum Gasteiger partial charge on any atom is 0.247 e. The number of hydrogen-bond acceptors (Lipinski definition) is 3. The van der Waals surface area contributed by atoms with Gasteiger partial charge in [-0.1, -0.05) is 48.0 Å². The number of hydrogen-bond donors (Lipinski definition) is 1. The molecule has 1 spiro atoms. The van der Waals surface area contributed by atoms with Gasteiger partial charge in [-0.05, 0) is 36.6 Å². The molecule has 0 radical (unpaired) electrons. The number of anilines is 1. The lowest BCUT2D eigenvalue weighted by atomic mass is 9.85. The van der Waals surface area contributed by atoms with Crippen molar-refractivity contribution in [3.63, 3.8) is 0 Å². The Bertz CT molecular complexity index is 757. The molecule has 2 fully saturated rings. The van der Waals surface area contributed by atoms with Gasteiger partial charge in [0.25, 0.3) is 0 Å². The van der Waals surface area contributed by atoms with Gasteiger partial charge in [0.2, 0.25) is 5.91 Å². The first-order valence-electron chi connectivity index (χ1n) is 8.75. The maximum atomic E-state index is 12.7. The summed E-state index contributed by atoms with van der Waals surface area (Å²) in [5.41, 5.74) is 1.89. The third-order valence-electron chi connectivity index (χ3n) is 5.39. The predicted molar refractivity (Wildman–Crippen MR) is 101 cm³/mol. The van der Waals surface area contributed by atoms with Crippen LogP contribution >= 0.6 is 11.6 Å². The van der Waals surface area contributed by atoms with E-state index in [9.17, 15) is 4.79 Å². The highest BCUT2D eigenvalue weighted by molar-refractivity contribution is 6.30. The van der Waals surface area contributed by atoms with Crippen LogP contribution in [0.5, 0.6) is 0 Å². The van der Waals surface area contributed by atoms with Gasteiger partial charge < -0.3 is 10.2 Å². The zero-order valence-corrected chi connectivity index (χ0v) is 14.9. The van der Waals surface area contributed by atoms with Gasteiger partial charge in [-0.3, -0.25) is 9.69 Å². The second-order valence-electron chi connectivity index (χ2n) is 6.87. The molecule has 1 amide bonds. The van der Waals surface area contributed by atoms with E-state index in [1.165, 1.54) is 5.56 Å². The van der Waals surface area contributed by atoms with Gasteiger partial charge in [-0.25, -0.2) is 0 Å². The summed E-state index contributed by atoms with van der Waals surface area (Å²) in [6.07, 6.45) is 1.66. The summed E-state index contributed by atoms with van der Waals surface area (Å²) < 4.78 is 0. The topological polar surface area (TPSA) is 35.6 Å². The highest BCUT2D eigenvalue weighted by atomic mass is 35.5. The first-order chi connectivity index (χ1) is 12.2. The molecular weight excluding hydrogens is 334 g/mol. The van der Waals surface area contributed by atoms with Crippen molar-refractivity contribution in [1.82, 2.24) is 10.2 Å². The Balaban J connectivity index is 1.50. The Hall–Kier alpha value is -2.04. The fourth-order valence-electron chi connectivity index (χ4n) is 3.99. The van der Waals surface area contributed by atoms with E-state index >= 15 is 0 Å². The van der Waals surface area contributed by atoms with Gasteiger partial charge in [0.1, 0.15) is 5.54 Å². The summed E-state index contributed by atoms with van der Waals surface area (Å²) in [6, 6.07) is 18.3. The van der Waals surface area contributed by atoms with E-state index in [1.54, 1.807) is 0 Å². The number of piperidine rings is 1. The summed E-state index contributed by atoms with van der Waals surface area (Å²) in [4.78, 5) is 17.3. The molecule has 1 N–H and O–H groups in total. The monoisotopic (exact) mass is 355 g/mol. The number of nitrogens with zero attached hydrogens (tertiary/aromatic N) is 2. The zero-order valence-electron chi connectivity index (χ0n) is 14.1. The number of rotatable bonds is 3. The number of halogens is 1. The number of benzene rings is 2. The summed E-state index contributed by atoms with van der Waals surface area (Å²) in [6.45, 7) is 3.33. The molecule has 0 bridgehead atoms. The van der Waals surface area contributed by atoms with Crippen molar-refractivity contribution in [2.24, 2.45) is 0 Å². The van der Waals surface area contributed by atoms with Crippen molar-refractivity contribution < 1.29 is 4.79 Å². The van der Waals surface area contributed by atoms with Crippen molar-refractivity contribution in [2.75, 3.05) is 24.7 Å². The van der Waals surface area contributed by atoms with Crippen molar-refractivity contribution in [2.45, 2.75) is 24.9 Å². The first kappa shape index (κ1) is 16.4. The van der Waals surface area contributed by atoms with Crippen LogP contribution in [-0.2, 0) is 11.3 Å². The second kappa shape index (κ2) is 6.70. The van der Waals surface area contributed by atoms with E-state index in [0.717, 1.165) is 38.2 Å². The van der Waals surface area contributed by atoms with Crippen LogP contribution in [0.2, 0.25) is 5.02 Å². The lowest BCUT2D eigenvalue weighted by molar-refractivity contribution is -0.125. The van der Waals surface area contributed by atoms with Gasteiger partial charge in [0.15, 0.2) is 0 Å². The number of carbonyl (C=O) groups excluding carboxylic acids is 1. The Labute approximate surface area is 153 Å². The zero-order chi connectivity index (χ0) is 17.3. The van der Waals surface area contributed by atoms with E-state index in [2.05, 4.69) is 39.4 Å². The number of amides is 1. The van der Waals surface area contributed by atoms with E-state index in [-0.39, 0.29) is 5.91 Å². The SMILES string of the molecule is O=C1NCN(c2cccc(Cl)c2)C12CCN(Cc1ccccc1)CC2. The second-order valence-corrected chi connectivity index (χ2v) is 7.30. The van der Waals surface area contributed by atoms with Crippen LogP contribution in [0.25, 0.3) is 0 Å². The van der Waals surface area contributed by atoms with Gasteiger partial charge in [0, 0.05) is 30.3 Å². The molecule has 2 heterocycles. The molecule has 0 saturated carbocycles. The summed E-state index contributed by atoms with van der Waals surface area (Å²) >= 11 is 6.16. The highest BCUT2D eigenvalue weighted by Gasteiger charge is 2.50. The van der Waals surface area contributed by atoms with Crippen LogP contribution in [0.1, 0.15) is 18.4 Å². The summed E-state index contributed by atoms with van der Waals surface area (Å²) in [7, 11) is 0. The molecule has 2 saturated heterocycles. The minimum Gasteiger partial charge on any atom is -0.339 e. The van der Waals surface area contributed by atoms with E-state index in [0.29, 0.717) is 11.7 Å². The highest BCUT2D eigenvalue weighted by Crippen LogP contribution is 2.37. The molecule has 2 aliphatic heterocycles. The molecule has 4 rings (SSSR count). The fourth-order valence-corrected chi connectivity index (χ4v) is 4.18. The first-order valence-corrected chi connectivity index (χ1v) is 9.13. The molecule has 2 aliphatic rings. The third kappa shape index (κ3) is 3.12. The maximum absolute atomic E-state index is 12.7. The fraction of sp³-hybridized carbons (Fsp3) is 0.350. The third-order valence-corrected chi connectivity index (χ3v) is 5.62. The van der Waals surface area contributed by atoms with Gasteiger partial charge in [-0.2, -0.15) is 0 Å². The van der Waals surface area contributed by atoms with Crippen LogP contribution in [0.3, 0.4) is 0 Å². The molecule has 0 aliphatic carbocycles. The number of nitrogens with one attached hydrogen (secondary N) is 1. The molecule has 0 aromatic heterocycles. The molecule has 2 aromatic carbocycles. The van der Waals surface area contributed by atoms with Crippen molar-refractivity contribution in [3.05, 3.63) is 65.2 Å². The van der Waals surface area contributed by atoms with Gasteiger partial charge in [0.05, 0.1) is 6.67 Å². The Morgan fingerprint density at radius 1 is 1.04 bits per heavy atom. The number of carbonyl (C=O) groups is 1. The Morgan fingerprint density at radius 3 is 2.52 bits per heavy atom. The summed E-state index contributed by atoms with van der Waals surface area (Å²) in [5.74, 6) is 0.145. The molecule has 0 atom stereocenters. The van der Waals surface area contributed by atoms with E-state index in [1.807, 2.05) is 30.3 Å². The van der Waals surface area contributed by atoms with Crippen LogP contribution < -0.4 is 10.2 Å². The quantitative estimate of drug-likeness (QED) is 0.917. The standard InChI is InChI=1S/C20H22ClN3O/c21-17-7-4-8-18(13-17)24-15-22-19(25)20(24)9-11-23(12-10-20)14-16-5-2-1-3-6-16/h1-8,13H,9-12,14-15H2,(H,22,25). The molecule has 25 heavy (non-hydrogen) atoms. The van der Waals surface area contributed by atoms with Crippen molar-refractivity contribution in [1.29, 1.82) is 0 Å². The lowest BCUT2D eigenvalue weighted by Gasteiger charge is -2.43. The van der Waals surface area contributed by atoms with Crippen molar-refractivity contribution in [3.8, 4) is 0 Å². The van der Waals surface area contributed by atoms with Gasteiger partial charge >= 0.3 is 0 Å². The minimum atomic E-state index is -0.447. The predicted octanol–water partition coefficient (Wildman–Crippen LogP) is 3.27. The van der Waals surface area contributed by atoms with E-state index < -0.39 is 5.54 Å². The molecule has 2 aromatic rings. The van der Waals surface area contributed by atoms with Crippen LogP contribution in [0.4, 0.5) is 5.69 Å². The molecule has 4 nitrogen and oxygen atoms in total. The van der Waals surface area contributed by atoms with Gasteiger partial charge in [-0.15, -0.1) is 0 Å². The molecule has 0 unspecified atom stereocenters. The Morgan fingerprint density at radius 2 is 1.80 bits per heavy atom. The molecular formula is C20H22ClN3O.